The number of ether oxygens (including phenoxy) is 4. The Morgan fingerprint density at radius 2 is 1.87 bits per heavy atom. The topological polar surface area (TPSA) is 234 Å². The number of likely N-dealkylation sites (N-methyl/N-ethyl adjacent to an activating group) is 1. The van der Waals surface area contributed by atoms with Gasteiger partial charge in [0.1, 0.15) is 30.4 Å². The Morgan fingerprint density at radius 1 is 1.15 bits per heavy atom. The summed E-state index contributed by atoms with van der Waals surface area (Å²) >= 11 is 0. The monoisotopic (exact) mass is 787 g/mol. The summed E-state index contributed by atoms with van der Waals surface area (Å²) in [6.45, 7) is 3.86. The minimum atomic E-state index is -4.90. The number of halogens is 2. The second kappa shape index (κ2) is 17.4. The number of hydrogen-bond donors (Lipinski definition) is 3. The third-order valence-electron chi connectivity index (χ3n) is 8.57. The molecule has 3 heterocycles. The van der Waals surface area contributed by atoms with E-state index in [4.69, 9.17) is 28.8 Å². The molecule has 1 aromatic heterocycles. The number of rotatable bonds is 12. The maximum atomic E-state index is 14.3. The zero-order valence-corrected chi connectivity index (χ0v) is 30.8. The molecule has 2 aliphatic heterocycles. The van der Waals surface area contributed by atoms with Crippen molar-refractivity contribution in [2.24, 2.45) is 5.16 Å². The molecule has 2 aromatic rings. The van der Waals surface area contributed by atoms with Crippen molar-refractivity contribution >= 4 is 37.6 Å². The van der Waals surface area contributed by atoms with Crippen LogP contribution in [0.5, 0.6) is 5.75 Å². The van der Waals surface area contributed by atoms with Gasteiger partial charge in [-0.15, -0.1) is 0 Å². The Hall–Kier alpha value is -5.11. The van der Waals surface area contributed by atoms with Gasteiger partial charge in [-0.05, 0) is 33.8 Å². The van der Waals surface area contributed by atoms with Crippen LogP contribution in [0.3, 0.4) is 0 Å². The Morgan fingerprint density at radius 3 is 2.56 bits per heavy atom. The fourth-order valence-corrected chi connectivity index (χ4v) is 5.52. The Bertz CT molecular complexity index is 1900. The van der Waals surface area contributed by atoms with E-state index in [2.05, 4.69) is 19.7 Å². The molecule has 3 N–H and O–H groups in total. The number of aromatic nitrogens is 1. The predicted molar refractivity (Wildman–Crippen MR) is 180 cm³/mol. The van der Waals surface area contributed by atoms with Crippen LogP contribution in [0.15, 0.2) is 34.3 Å². The SMILES string of the molecule is C/C1=N/OCC[C@H](C)N2C[C@H](C1)n1cc(C(=O)NCc3ccc(F)cc3F)c(=O)c(OCOC(=O)OCC(C)(C)N(C)C(=O)OCOP(=O)(O)O)c1C2=O. The smallest absolute Gasteiger partial charge is 0.451 e. The highest BCUT2D eigenvalue weighted by atomic mass is 31.2. The van der Waals surface area contributed by atoms with Gasteiger partial charge in [-0.3, -0.25) is 14.4 Å². The first-order valence-electron chi connectivity index (χ1n) is 16.3. The van der Waals surface area contributed by atoms with Gasteiger partial charge in [0, 0.05) is 56.8 Å². The van der Waals surface area contributed by atoms with E-state index in [0.717, 1.165) is 17.0 Å². The molecule has 0 unspecified atom stereocenters. The third kappa shape index (κ3) is 10.5. The zero-order valence-electron chi connectivity index (χ0n) is 29.9. The molecule has 4 rings (SSSR count). The molecule has 19 nitrogen and oxygen atoms in total. The van der Waals surface area contributed by atoms with Gasteiger partial charge in [0.15, 0.2) is 5.69 Å². The molecule has 2 atom stereocenters. The molecule has 296 valence electrons. The molecule has 0 fully saturated rings. The van der Waals surface area contributed by atoms with E-state index in [1.807, 2.05) is 0 Å². The van der Waals surface area contributed by atoms with Gasteiger partial charge in [0.05, 0.1) is 17.3 Å². The number of nitrogens with zero attached hydrogens (tertiary/aromatic N) is 4. The number of carbonyl (C=O) groups excluding carboxylic acids is 4. The zero-order chi connectivity index (χ0) is 40.0. The largest absolute Gasteiger partial charge is 0.511 e. The minimum Gasteiger partial charge on any atom is -0.451 e. The molecule has 2 aliphatic rings. The summed E-state index contributed by atoms with van der Waals surface area (Å²) in [5, 5.41) is 6.53. The highest BCUT2D eigenvalue weighted by molar-refractivity contribution is 7.46. The quantitative estimate of drug-likeness (QED) is 0.159. The van der Waals surface area contributed by atoms with Crippen LogP contribution in [0.1, 0.15) is 73.0 Å². The molecule has 22 heteroatoms. The van der Waals surface area contributed by atoms with Gasteiger partial charge in [0.2, 0.25) is 24.8 Å². The molecular weight excluding hydrogens is 747 g/mol. The molecule has 54 heavy (non-hydrogen) atoms. The normalized spacial score (nSPS) is 18.3. The van der Waals surface area contributed by atoms with Crippen LogP contribution in [-0.4, -0.2) is 106 Å². The van der Waals surface area contributed by atoms with E-state index < -0.39 is 98.6 Å². The number of pyridine rings is 1. The number of hydrogen-bond acceptors (Lipinski definition) is 13. The first kappa shape index (κ1) is 41.6. The molecule has 2 bridgehead atoms. The predicted octanol–water partition coefficient (Wildman–Crippen LogP) is 3.03. The number of phosphoric acid groups is 1. The van der Waals surface area contributed by atoms with Crippen molar-refractivity contribution in [3.05, 3.63) is 63.1 Å². The Labute approximate surface area is 306 Å². The maximum Gasteiger partial charge on any atom is 0.511 e. The Kier molecular flexibility index (Phi) is 13.4. The van der Waals surface area contributed by atoms with Crippen molar-refractivity contribution in [1.29, 1.82) is 0 Å². The summed E-state index contributed by atoms with van der Waals surface area (Å²) < 4.78 is 64.3. The molecular formula is C32H40F2N5O14P. The number of carbonyl (C=O) groups is 4. The third-order valence-corrected chi connectivity index (χ3v) is 9.02. The number of fused-ring (bicyclic) bond motifs is 4. The van der Waals surface area contributed by atoms with E-state index in [1.165, 1.54) is 36.6 Å². The van der Waals surface area contributed by atoms with E-state index >= 15 is 0 Å². The summed E-state index contributed by atoms with van der Waals surface area (Å²) in [4.78, 5) is 91.4. The molecule has 0 radical (unpaired) electrons. The summed E-state index contributed by atoms with van der Waals surface area (Å²) in [6, 6.07) is 1.82. The average Bonchev–Trinajstić information content (AvgIpc) is 3.09. The fraction of sp³-hybridized carbons (Fsp3) is 0.500. The lowest BCUT2D eigenvalue weighted by Crippen LogP contribution is -2.50. The lowest BCUT2D eigenvalue weighted by Gasteiger charge is -2.40. The molecule has 0 spiro atoms. The summed E-state index contributed by atoms with van der Waals surface area (Å²) in [5.41, 5.74) is -2.56. The van der Waals surface area contributed by atoms with Crippen LogP contribution in [0.4, 0.5) is 18.4 Å². The average molecular weight is 788 g/mol. The van der Waals surface area contributed by atoms with Crippen LogP contribution in [0, 0.1) is 11.6 Å². The van der Waals surface area contributed by atoms with Gasteiger partial charge >= 0.3 is 20.1 Å². The van der Waals surface area contributed by atoms with Crippen molar-refractivity contribution in [3.63, 3.8) is 0 Å². The first-order valence-corrected chi connectivity index (χ1v) is 17.8. The van der Waals surface area contributed by atoms with Gasteiger partial charge in [0.25, 0.3) is 11.8 Å². The van der Waals surface area contributed by atoms with E-state index in [1.54, 1.807) is 13.8 Å². The second-order valence-electron chi connectivity index (χ2n) is 13.0. The standard InChI is InChI=1S/C32H40F2N5O14P/c1-18-10-22-13-38(19(2)8-9-52-36-18)29(42)25-27(26(40)23(14-39(22)25)28(41)35-12-20-6-7-21(33)11-24(20)34)49-16-51-31(44)48-15-32(3,4)37(5)30(43)50-17-53-54(45,46)47/h6-7,11,14,19,22H,8-10,12-13,15-17H2,1-5H3,(H,35,41)(H2,45,46,47)/b36-18-/t19-,22-/m0/s1. The minimum absolute atomic E-state index is 0.0645. The van der Waals surface area contributed by atoms with Crippen LogP contribution < -0.4 is 15.5 Å². The van der Waals surface area contributed by atoms with Gasteiger partial charge < -0.3 is 53.3 Å². The fourth-order valence-electron chi connectivity index (χ4n) is 5.33. The molecule has 1 aromatic carbocycles. The maximum absolute atomic E-state index is 14.3. The summed E-state index contributed by atoms with van der Waals surface area (Å²) in [6.07, 6.45) is -0.590. The van der Waals surface area contributed by atoms with E-state index in [-0.39, 0.29) is 36.9 Å². The van der Waals surface area contributed by atoms with E-state index in [9.17, 15) is 37.3 Å². The van der Waals surface area contributed by atoms with Crippen LogP contribution in [0.2, 0.25) is 0 Å². The first-order chi connectivity index (χ1) is 25.3. The lowest BCUT2D eigenvalue weighted by molar-refractivity contribution is -0.0273. The van der Waals surface area contributed by atoms with Crippen molar-refractivity contribution < 1.29 is 70.6 Å². The van der Waals surface area contributed by atoms with Crippen molar-refractivity contribution in [3.8, 4) is 5.75 Å². The number of amides is 3. The molecule has 0 aliphatic carbocycles. The van der Waals surface area contributed by atoms with Crippen LogP contribution >= 0.6 is 7.82 Å². The van der Waals surface area contributed by atoms with Gasteiger partial charge in [-0.1, -0.05) is 11.2 Å². The Balaban J connectivity index is 1.56. The van der Waals surface area contributed by atoms with Crippen molar-refractivity contribution in [2.45, 2.75) is 64.7 Å². The van der Waals surface area contributed by atoms with E-state index in [0.29, 0.717) is 18.2 Å². The molecule has 0 saturated heterocycles. The van der Waals surface area contributed by atoms with Crippen LogP contribution in [0.25, 0.3) is 0 Å². The van der Waals surface area contributed by atoms with Gasteiger partial charge in [-0.25, -0.2) is 27.5 Å². The van der Waals surface area contributed by atoms with Crippen molar-refractivity contribution in [2.75, 3.05) is 40.4 Å². The number of benzene rings is 1. The second-order valence-corrected chi connectivity index (χ2v) is 14.2. The lowest BCUT2D eigenvalue weighted by atomic mass is 10.0. The van der Waals surface area contributed by atoms with Crippen LogP contribution in [-0.2, 0) is 34.7 Å². The highest BCUT2D eigenvalue weighted by Gasteiger charge is 2.39. The van der Waals surface area contributed by atoms with Crippen molar-refractivity contribution in [1.82, 2.24) is 19.7 Å². The molecule has 3 amide bonds. The summed E-state index contributed by atoms with van der Waals surface area (Å²) in [5.74, 6) is -3.97. The highest BCUT2D eigenvalue weighted by Crippen LogP contribution is 2.35. The number of phosphoric ester groups is 1. The molecule has 0 saturated carbocycles. The number of nitrogens with one attached hydrogen (secondary N) is 1. The number of oxime groups is 1. The van der Waals surface area contributed by atoms with Gasteiger partial charge in [-0.2, -0.15) is 0 Å². The summed E-state index contributed by atoms with van der Waals surface area (Å²) in [7, 11) is -3.64.